The zero-order chi connectivity index (χ0) is 27.2. The number of hydrogen-bond donors (Lipinski definition) is 1. The number of carbonyl (C=O) groups excluding carboxylic acids is 1. The average Bonchev–Trinajstić information content (AvgIpc) is 3.62. The second-order valence-corrected chi connectivity index (χ2v) is 9.99. The van der Waals surface area contributed by atoms with Crippen LogP contribution in [0, 0.1) is 0 Å². The van der Waals surface area contributed by atoms with Gasteiger partial charge in [0.15, 0.2) is 0 Å². The van der Waals surface area contributed by atoms with E-state index in [1.54, 1.807) is 10.8 Å². The van der Waals surface area contributed by atoms with Gasteiger partial charge in [-0.25, -0.2) is 0 Å². The van der Waals surface area contributed by atoms with Gasteiger partial charge in [0.2, 0.25) is 11.7 Å². The monoisotopic (exact) mass is 526 g/mol. The van der Waals surface area contributed by atoms with E-state index in [0.717, 1.165) is 36.4 Å². The first-order valence-electron chi connectivity index (χ1n) is 13.4. The maximum atomic E-state index is 13.4. The molecule has 39 heavy (non-hydrogen) atoms. The maximum absolute atomic E-state index is 13.4. The first-order chi connectivity index (χ1) is 19.0. The Balaban J connectivity index is 1.25. The fourth-order valence-electron chi connectivity index (χ4n) is 4.83. The molecule has 0 bridgehead atoms. The fourth-order valence-corrected chi connectivity index (χ4v) is 4.83. The largest absolute Gasteiger partial charge is 0.468 e. The third-order valence-electron chi connectivity index (χ3n) is 6.95. The zero-order valence-corrected chi connectivity index (χ0v) is 22.4. The summed E-state index contributed by atoms with van der Waals surface area (Å²) in [4.78, 5) is 28.4. The average molecular weight is 527 g/mol. The molecular weight excluding hydrogens is 492 g/mol. The maximum Gasteiger partial charge on any atom is 0.263 e. The lowest BCUT2D eigenvalue weighted by molar-refractivity contribution is -0.121. The predicted molar refractivity (Wildman–Crippen MR) is 150 cm³/mol. The summed E-state index contributed by atoms with van der Waals surface area (Å²) in [6, 6.07) is 21.5. The number of rotatable bonds is 12. The minimum atomic E-state index is -0.110. The molecule has 0 aliphatic heterocycles. The number of aryl methyl sites for hydroxylation is 1. The van der Waals surface area contributed by atoms with E-state index >= 15 is 0 Å². The number of hydrogen-bond acceptors (Lipinski definition) is 6. The van der Waals surface area contributed by atoms with Crippen molar-refractivity contribution in [1.82, 2.24) is 29.4 Å². The van der Waals surface area contributed by atoms with Crippen molar-refractivity contribution >= 4 is 22.6 Å². The number of nitrogens with one attached hydrogen (secondary N) is 1. The Kier molecular flexibility index (Phi) is 8.17. The molecule has 3 aromatic heterocycles. The number of para-hydroxylation sites is 1. The van der Waals surface area contributed by atoms with Crippen LogP contribution in [0.2, 0.25) is 0 Å². The van der Waals surface area contributed by atoms with Crippen LogP contribution in [0.5, 0.6) is 0 Å². The van der Waals surface area contributed by atoms with Crippen LogP contribution in [0.4, 0.5) is 0 Å². The smallest absolute Gasteiger partial charge is 0.263 e. The van der Waals surface area contributed by atoms with Crippen molar-refractivity contribution in [3.05, 3.63) is 100 Å². The molecule has 0 saturated heterocycles. The van der Waals surface area contributed by atoms with Crippen LogP contribution in [-0.4, -0.2) is 49.1 Å². The molecule has 3 heterocycles. The Morgan fingerprint density at radius 1 is 1.03 bits per heavy atom. The van der Waals surface area contributed by atoms with E-state index < -0.39 is 0 Å². The van der Waals surface area contributed by atoms with E-state index in [0.29, 0.717) is 42.5 Å². The molecule has 5 rings (SSSR count). The Hall–Kier alpha value is -4.24. The van der Waals surface area contributed by atoms with Gasteiger partial charge < -0.3 is 9.73 Å². The van der Waals surface area contributed by atoms with E-state index in [1.807, 2.05) is 71.1 Å². The van der Waals surface area contributed by atoms with E-state index in [1.165, 1.54) is 0 Å². The second-order valence-electron chi connectivity index (χ2n) is 9.99. The van der Waals surface area contributed by atoms with E-state index in [4.69, 9.17) is 4.42 Å². The highest BCUT2D eigenvalue weighted by Gasteiger charge is 2.17. The van der Waals surface area contributed by atoms with Crippen molar-refractivity contribution in [2.45, 2.75) is 52.2 Å². The van der Waals surface area contributed by atoms with E-state index in [9.17, 15) is 9.59 Å². The summed E-state index contributed by atoms with van der Waals surface area (Å²) in [5.41, 5.74) is 1.63. The van der Waals surface area contributed by atoms with Gasteiger partial charge in [-0.05, 0) is 50.1 Å². The summed E-state index contributed by atoms with van der Waals surface area (Å²) in [6.07, 6.45) is 3.23. The molecule has 9 nitrogen and oxygen atoms in total. The minimum Gasteiger partial charge on any atom is -0.468 e. The number of benzene rings is 2. The van der Waals surface area contributed by atoms with Gasteiger partial charge in [0.25, 0.3) is 5.56 Å². The molecule has 0 fully saturated rings. The molecule has 0 radical (unpaired) electrons. The van der Waals surface area contributed by atoms with Crippen molar-refractivity contribution in [3.8, 4) is 0 Å². The summed E-state index contributed by atoms with van der Waals surface area (Å²) in [5.74, 6) is 2.04. The van der Waals surface area contributed by atoms with Gasteiger partial charge in [0.1, 0.15) is 11.6 Å². The van der Waals surface area contributed by atoms with Crippen molar-refractivity contribution in [3.63, 3.8) is 0 Å². The molecule has 0 aliphatic carbocycles. The lowest BCUT2D eigenvalue weighted by Crippen LogP contribution is -2.34. The molecule has 0 unspecified atom stereocenters. The van der Waals surface area contributed by atoms with Crippen LogP contribution in [0.1, 0.15) is 43.8 Å². The van der Waals surface area contributed by atoms with E-state index in [-0.39, 0.29) is 17.9 Å². The Morgan fingerprint density at radius 3 is 2.59 bits per heavy atom. The summed E-state index contributed by atoms with van der Waals surface area (Å²) in [5, 5.41) is 12.4. The topological polar surface area (TPSA) is 97.7 Å². The van der Waals surface area contributed by atoms with Crippen LogP contribution in [0.25, 0.3) is 16.7 Å². The fraction of sp³-hybridized carbons (Fsp3) is 0.333. The Bertz CT molecular complexity index is 1590. The summed E-state index contributed by atoms with van der Waals surface area (Å²) in [6.45, 7) is 6.92. The molecule has 202 valence electrons. The molecule has 9 heteroatoms. The zero-order valence-electron chi connectivity index (χ0n) is 22.4. The predicted octanol–water partition coefficient (Wildman–Crippen LogP) is 4.04. The molecular formula is C30H34N6O3. The van der Waals surface area contributed by atoms with Crippen molar-refractivity contribution in [2.75, 3.05) is 13.1 Å². The van der Waals surface area contributed by atoms with Crippen molar-refractivity contribution in [1.29, 1.82) is 0 Å². The normalized spacial score (nSPS) is 11.7. The molecule has 5 aromatic rings. The first-order valence-corrected chi connectivity index (χ1v) is 13.4. The van der Waals surface area contributed by atoms with Crippen LogP contribution < -0.4 is 10.9 Å². The van der Waals surface area contributed by atoms with Gasteiger partial charge in [-0.1, -0.05) is 42.5 Å². The lowest BCUT2D eigenvalue weighted by Gasteiger charge is -2.25. The highest BCUT2D eigenvalue weighted by Crippen LogP contribution is 2.17. The molecule has 0 atom stereocenters. The number of fused-ring (bicyclic) bond motifs is 3. The summed E-state index contributed by atoms with van der Waals surface area (Å²) in [7, 11) is 0. The lowest BCUT2D eigenvalue weighted by atomic mass is 10.2. The van der Waals surface area contributed by atoms with Gasteiger partial charge in [-0.15, -0.1) is 10.2 Å². The first kappa shape index (κ1) is 26.4. The molecule has 2 aromatic carbocycles. The number of nitrogens with zero attached hydrogens (tertiary/aromatic N) is 5. The van der Waals surface area contributed by atoms with Gasteiger partial charge in [-0.3, -0.25) is 23.5 Å². The molecule has 1 amide bonds. The number of carbonyl (C=O) groups is 1. The van der Waals surface area contributed by atoms with Crippen molar-refractivity contribution in [2.24, 2.45) is 0 Å². The number of aromatic nitrogens is 4. The number of amides is 1. The van der Waals surface area contributed by atoms with Crippen LogP contribution in [0.3, 0.4) is 0 Å². The van der Waals surface area contributed by atoms with Crippen molar-refractivity contribution < 1.29 is 9.21 Å². The highest BCUT2D eigenvalue weighted by atomic mass is 16.3. The molecule has 0 spiro atoms. The number of furan rings is 1. The highest BCUT2D eigenvalue weighted by molar-refractivity contribution is 5.80. The van der Waals surface area contributed by atoms with Crippen LogP contribution in [-0.2, 0) is 24.3 Å². The van der Waals surface area contributed by atoms with Gasteiger partial charge >= 0.3 is 0 Å². The third-order valence-corrected chi connectivity index (χ3v) is 6.95. The van der Waals surface area contributed by atoms with Gasteiger partial charge in [0, 0.05) is 32.0 Å². The van der Waals surface area contributed by atoms with Crippen LogP contribution in [0.15, 0.2) is 82.2 Å². The van der Waals surface area contributed by atoms with E-state index in [2.05, 4.69) is 34.3 Å². The minimum absolute atomic E-state index is 0.0317. The quantitative estimate of drug-likeness (QED) is 0.247. The van der Waals surface area contributed by atoms with Gasteiger partial charge in [0.05, 0.1) is 30.3 Å². The Labute approximate surface area is 227 Å². The summed E-state index contributed by atoms with van der Waals surface area (Å²) >= 11 is 0. The third kappa shape index (κ3) is 6.09. The Morgan fingerprint density at radius 2 is 1.82 bits per heavy atom. The summed E-state index contributed by atoms with van der Waals surface area (Å²) < 4.78 is 9.04. The standard InChI is InChI=1S/C30H34N6O3/c1-22(2)34(21-24-12-8-19-39-24)18-9-17-31-28(37)16-15-27-32-33-30-35(20-23-10-4-3-5-11-23)29(38)25-13-6-7-14-26(25)36(27)30/h3-8,10-14,19,22H,9,15-18,20-21H2,1-2H3,(H,31,37). The molecule has 0 saturated carbocycles. The van der Waals surface area contributed by atoms with Gasteiger partial charge in [-0.2, -0.15) is 0 Å². The SMILES string of the molecule is CC(C)N(CCCNC(=O)CCc1nnc2n(Cc3ccccc3)c(=O)c3ccccc3n12)Cc1ccco1. The second kappa shape index (κ2) is 12.1. The molecule has 1 N–H and O–H groups in total. The van der Waals surface area contributed by atoms with Crippen LogP contribution >= 0.6 is 0 Å². The molecule has 0 aliphatic rings.